The summed E-state index contributed by atoms with van der Waals surface area (Å²) < 4.78 is 16.3. The Bertz CT molecular complexity index is 1830. The van der Waals surface area contributed by atoms with E-state index in [4.69, 9.17) is 14.2 Å². The molecule has 14 heteroatoms. The number of phenolic OH excluding ortho intramolecular Hbond substituents is 2. The Morgan fingerprint density at radius 1 is 0.661 bits per heavy atom. The molecule has 0 radical (unpaired) electrons. The number of likely N-dealkylation sites (N-methyl/N-ethyl adjacent to an activating group) is 3. The molecule has 0 saturated carbocycles. The Kier molecular flexibility index (Phi) is 18.2. The first-order valence-corrected chi connectivity index (χ1v) is 19.9. The first-order valence-electron chi connectivity index (χ1n) is 19.9. The molecule has 3 rings (SSSR count). The average molecular weight is 819 g/mol. The van der Waals surface area contributed by atoms with E-state index in [-0.39, 0.29) is 24.3 Å². The fourth-order valence-corrected chi connectivity index (χ4v) is 6.63. The fraction of sp³-hybridized carbons (Fsp3) is 0.489. The molecular formula is C45H62N4O10. The van der Waals surface area contributed by atoms with Crippen LogP contribution >= 0.6 is 0 Å². The molecule has 3 aromatic rings. The van der Waals surface area contributed by atoms with E-state index >= 15 is 0 Å². The lowest BCUT2D eigenvalue weighted by molar-refractivity contribution is -0.164. The van der Waals surface area contributed by atoms with E-state index in [1.807, 2.05) is 19.1 Å². The van der Waals surface area contributed by atoms with Crippen molar-refractivity contribution < 1.29 is 48.4 Å². The van der Waals surface area contributed by atoms with Crippen molar-refractivity contribution in [3.05, 3.63) is 89.5 Å². The lowest BCUT2D eigenvalue weighted by Crippen LogP contribution is -2.59. The number of phenols is 2. The summed E-state index contributed by atoms with van der Waals surface area (Å²) in [5, 5.41) is 22.5. The minimum absolute atomic E-state index is 0.0174. The van der Waals surface area contributed by atoms with Crippen molar-refractivity contribution in [1.29, 1.82) is 0 Å². The number of aromatic hydroxyl groups is 2. The summed E-state index contributed by atoms with van der Waals surface area (Å²) in [7, 11) is 9.27. The molecule has 0 aliphatic heterocycles. The van der Waals surface area contributed by atoms with E-state index in [9.17, 15) is 34.2 Å². The van der Waals surface area contributed by atoms with Gasteiger partial charge in [0.25, 0.3) is 5.91 Å². The summed E-state index contributed by atoms with van der Waals surface area (Å²) in [4.78, 5) is 74.3. The standard InChI is InChI=1S/C45H62N4O10/c1-11-29(4)40(59-45(56)38(47(5)6)27-32-16-23-35(57-9)24-17-32)41(52)46-39(28(2)3)43(54)49(8)37(26-31-14-21-34(51)22-15-31)42(53)48(7)36(44(55)58-10)25-18-30-12-19-33(50)20-13-30/h12-17,19-24,28-29,36-40,50-51H,11,18,25-27H2,1-10H3,(H,46,52)/t29-,36-,37-,38-,39-,40+/m1/s1. The predicted octanol–water partition coefficient (Wildman–Crippen LogP) is 4.38. The van der Waals surface area contributed by atoms with Gasteiger partial charge in [-0.3, -0.25) is 24.1 Å². The number of methoxy groups -OCH3 is 2. The van der Waals surface area contributed by atoms with Crippen LogP contribution in [0.5, 0.6) is 17.2 Å². The summed E-state index contributed by atoms with van der Waals surface area (Å²) in [5.41, 5.74) is 2.33. The molecule has 6 atom stereocenters. The van der Waals surface area contributed by atoms with Crippen molar-refractivity contribution in [1.82, 2.24) is 20.0 Å². The maximum Gasteiger partial charge on any atom is 0.328 e. The third kappa shape index (κ3) is 13.5. The number of esters is 2. The van der Waals surface area contributed by atoms with E-state index in [1.165, 1.54) is 55.3 Å². The average Bonchev–Trinajstić information content (AvgIpc) is 3.22. The number of ether oxygens (including phenoxy) is 3. The van der Waals surface area contributed by atoms with Gasteiger partial charge in [0.15, 0.2) is 6.10 Å². The third-order valence-electron chi connectivity index (χ3n) is 10.8. The van der Waals surface area contributed by atoms with Gasteiger partial charge in [-0.25, -0.2) is 4.79 Å². The van der Waals surface area contributed by atoms with Crippen molar-refractivity contribution in [2.24, 2.45) is 11.8 Å². The SMILES string of the molecule is CC[C@@H](C)[C@H](OC(=O)[C@@H](Cc1ccc(OC)cc1)N(C)C)C(=O)N[C@@H](C(=O)N(C)[C@H](Cc1ccc(O)cc1)C(=O)N(C)[C@H](CCc1ccc(O)cc1)C(=O)OC)C(C)C. The van der Waals surface area contributed by atoms with E-state index < -0.39 is 71.8 Å². The van der Waals surface area contributed by atoms with Crippen molar-refractivity contribution in [3.8, 4) is 17.2 Å². The Morgan fingerprint density at radius 2 is 1.15 bits per heavy atom. The topological polar surface area (TPSA) is 175 Å². The molecule has 0 bridgehead atoms. The quantitative estimate of drug-likeness (QED) is 0.130. The molecule has 322 valence electrons. The molecule has 0 aliphatic rings. The van der Waals surface area contributed by atoms with Crippen LogP contribution in [-0.2, 0) is 52.7 Å². The molecule has 0 unspecified atom stereocenters. The maximum atomic E-state index is 14.5. The normalized spacial score (nSPS) is 14.3. The lowest BCUT2D eigenvalue weighted by atomic mass is 9.96. The Labute approximate surface area is 348 Å². The van der Waals surface area contributed by atoms with Crippen LogP contribution in [0.4, 0.5) is 0 Å². The summed E-state index contributed by atoms with van der Waals surface area (Å²) in [5.74, 6) is -3.06. The van der Waals surface area contributed by atoms with Crippen LogP contribution in [-0.4, -0.2) is 127 Å². The van der Waals surface area contributed by atoms with E-state index in [0.717, 1.165) is 11.1 Å². The number of rotatable bonds is 21. The molecular weight excluding hydrogens is 757 g/mol. The smallest absolute Gasteiger partial charge is 0.328 e. The van der Waals surface area contributed by atoms with E-state index in [1.54, 1.807) is 83.3 Å². The summed E-state index contributed by atoms with van der Waals surface area (Å²) in [6.45, 7) is 7.20. The molecule has 0 aromatic heterocycles. The Morgan fingerprint density at radius 3 is 1.63 bits per heavy atom. The second-order valence-electron chi connectivity index (χ2n) is 15.5. The first kappa shape index (κ1) is 47.7. The molecule has 59 heavy (non-hydrogen) atoms. The highest BCUT2D eigenvalue weighted by Crippen LogP contribution is 2.22. The molecule has 0 saturated heterocycles. The van der Waals surface area contributed by atoms with Gasteiger partial charge < -0.3 is 39.5 Å². The number of hydrogen-bond donors (Lipinski definition) is 3. The molecule has 0 heterocycles. The van der Waals surface area contributed by atoms with E-state index in [0.29, 0.717) is 30.6 Å². The van der Waals surface area contributed by atoms with Gasteiger partial charge in [-0.2, -0.15) is 0 Å². The highest BCUT2D eigenvalue weighted by molar-refractivity contribution is 5.95. The number of carbonyl (C=O) groups excluding carboxylic acids is 5. The number of benzene rings is 3. The van der Waals surface area contributed by atoms with Crippen LogP contribution in [0.15, 0.2) is 72.8 Å². The second-order valence-corrected chi connectivity index (χ2v) is 15.5. The summed E-state index contributed by atoms with van der Waals surface area (Å²) in [6.07, 6.45) is 0.193. The number of amides is 3. The van der Waals surface area contributed by atoms with Crippen LogP contribution in [0.1, 0.15) is 57.2 Å². The fourth-order valence-electron chi connectivity index (χ4n) is 6.63. The maximum absolute atomic E-state index is 14.5. The molecule has 0 fully saturated rings. The van der Waals surface area contributed by atoms with Gasteiger partial charge in [-0.15, -0.1) is 0 Å². The van der Waals surface area contributed by atoms with Crippen LogP contribution in [0.2, 0.25) is 0 Å². The summed E-state index contributed by atoms with van der Waals surface area (Å²) >= 11 is 0. The zero-order valence-corrected chi connectivity index (χ0v) is 36.0. The Hall–Kier alpha value is -5.63. The number of carbonyl (C=O) groups is 5. The van der Waals surface area contributed by atoms with Gasteiger partial charge >= 0.3 is 11.9 Å². The first-order chi connectivity index (χ1) is 27.9. The monoisotopic (exact) mass is 818 g/mol. The molecule has 0 spiro atoms. The van der Waals surface area contributed by atoms with Gasteiger partial charge in [0.05, 0.1) is 14.2 Å². The highest BCUT2D eigenvalue weighted by atomic mass is 16.6. The second kappa shape index (κ2) is 22.5. The largest absolute Gasteiger partial charge is 0.508 e. The van der Waals surface area contributed by atoms with Crippen LogP contribution in [0, 0.1) is 11.8 Å². The zero-order valence-electron chi connectivity index (χ0n) is 36.0. The Balaban J connectivity index is 1.90. The minimum atomic E-state index is -1.22. The van der Waals surface area contributed by atoms with Crippen LogP contribution in [0.25, 0.3) is 0 Å². The van der Waals surface area contributed by atoms with Crippen LogP contribution < -0.4 is 10.1 Å². The van der Waals surface area contributed by atoms with Gasteiger partial charge in [0.2, 0.25) is 11.8 Å². The lowest BCUT2D eigenvalue weighted by Gasteiger charge is -2.36. The van der Waals surface area contributed by atoms with Crippen molar-refractivity contribution in [2.45, 2.75) is 90.1 Å². The summed E-state index contributed by atoms with van der Waals surface area (Å²) in [6, 6.07) is 16.1. The predicted molar refractivity (Wildman–Crippen MR) is 224 cm³/mol. The number of hydrogen-bond acceptors (Lipinski definition) is 11. The van der Waals surface area contributed by atoms with Crippen molar-refractivity contribution in [3.63, 3.8) is 0 Å². The number of nitrogens with one attached hydrogen (secondary N) is 1. The van der Waals surface area contributed by atoms with Gasteiger partial charge in [0.1, 0.15) is 41.4 Å². The third-order valence-corrected chi connectivity index (χ3v) is 10.8. The van der Waals surface area contributed by atoms with E-state index in [2.05, 4.69) is 5.32 Å². The molecule has 3 aromatic carbocycles. The van der Waals surface area contributed by atoms with Crippen molar-refractivity contribution in [2.75, 3.05) is 42.4 Å². The van der Waals surface area contributed by atoms with Crippen molar-refractivity contribution >= 4 is 29.7 Å². The molecule has 3 N–H and O–H groups in total. The zero-order chi connectivity index (χ0) is 44.0. The number of aryl methyl sites for hydroxylation is 1. The minimum Gasteiger partial charge on any atom is -0.508 e. The molecule has 0 aliphatic carbocycles. The molecule has 3 amide bonds. The van der Waals surface area contributed by atoms with Crippen LogP contribution in [0.3, 0.4) is 0 Å². The van der Waals surface area contributed by atoms with Gasteiger partial charge in [-0.1, -0.05) is 64.1 Å². The number of nitrogens with zero attached hydrogens (tertiary/aromatic N) is 3. The van der Waals surface area contributed by atoms with Gasteiger partial charge in [0, 0.05) is 26.4 Å². The van der Waals surface area contributed by atoms with Gasteiger partial charge in [-0.05, 0) is 98.8 Å². The highest BCUT2D eigenvalue weighted by Gasteiger charge is 2.40. The molecule has 14 nitrogen and oxygen atoms in total.